The Labute approximate surface area is 127 Å². The average Bonchev–Trinajstić information content (AvgIpc) is 2.63. The van der Waals surface area contributed by atoms with E-state index in [9.17, 15) is 9.59 Å². The molecule has 21 heavy (non-hydrogen) atoms. The van der Waals surface area contributed by atoms with Crippen LogP contribution in [0.2, 0.25) is 0 Å². The van der Waals surface area contributed by atoms with Gasteiger partial charge in [-0.05, 0) is 23.8 Å². The molecule has 3 heteroatoms. The summed E-state index contributed by atoms with van der Waals surface area (Å²) in [7, 11) is 0. The van der Waals surface area contributed by atoms with Crippen LogP contribution in [-0.2, 0) is 10.2 Å². The van der Waals surface area contributed by atoms with Gasteiger partial charge in [0.2, 0.25) is 5.91 Å². The minimum Gasteiger partial charge on any atom is -0.356 e. The van der Waals surface area contributed by atoms with E-state index in [0.29, 0.717) is 12.0 Å². The Kier molecular flexibility index (Phi) is 4.81. The van der Waals surface area contributed by atoms with Gasteiger partial charge in [-0.2, -0.15) is 0 Å². The van der Waals surface area contributed by atoms with Gasteiger partial charge in [0.15, 0.2) is 5.78 Å². The largest absolute Gasteiger partial charge is 0.356 e. The third-order valence-electron chi connectivity index (χ3n) is 4.15. The number of carbonyl (C=O) groups excluding carboxylic acids is 2. The van der Waals surface area contributed by atoms with E-state index in [1.165, 1.54) is 5.56 Å². The second kappa shape index (κ2) is 6.42. The molecule has 0 radical (unpaired) electrons. The zero-order valence-electron chi connectivity index (χ0n) is 13.2. The van der Waals surface area contributed by atoms with E-state index < -0.39 is 0 Å². The number of Topliss-reactive ketones (excluding diaryl/α,β-unsaturated/α-hetero) is 1. The summed E-state index contributed by atoms with van der Waals surface area (Å²) in [6.45, 7) is 7.20. The molecular formula is C18H25NO2. The van der Waals surface area contributed by atoms with Crippen molar-refractivity contribution in [3.05, 3.63) is 35.4 Å². The van der Waals surface area contributed by atoms with Crippen LogP contribution < -0.4 is 5.32 Å². The molecule has 0 aliphatic carbocycles. The molecule has 1 N–H and O–H groups in total. The summed E-state index contributed by atoms with van der Waals surface area (Å²) < 4.78 is 0. The number of benzene rings is 1. The van der Waals surface area contributed by atoms with Crippen LogP contribution in [-0.4, -0.2) is 18.2 Å². The topological polar surface area (TPSA) is 46.2 Å². The molecule has 0 spiro atoms. The lowest BCUT2D eigenvalue weighted by Crippen LogP contribution is -2.30. The van der Waals surface area contributed by atoms with Crippen LogP contribution in [0.15, 0.2) is 24.3 Å². The second-order valence-corrected chi connectivity index (χ2v) is 6.94. The van der Waals surface area contributed by atoms with Crippen molar-refractivity contribution in [2.24, 2.45) is 5.92 Å². The standard InChI is InChI=1S/C18H25NO2/c1-18(2,3)15-9-7-13(8-10-15)16(20)12-14-6-4-5-11-19-17(14)21/h7-10,14H,4-6,11-12H2,1-3H3,(H,19,21)/t14-/m1/s1. The Hall–Kier alpha value is -1.64. The van der Waals surface area contributed by atoms with Crippen LogP contribution in [0, 0.1) is 5.92 Å². The molecule has 1 atom stereocenters. The van der Waals surface area contributed by atoms with Crippen molar-refractivity contribution in [3.8, 4) is 0 Å². The van der Waals surface area contributed by atoms with Gasteiger partial charge in [-0.3, -0.25) is 9.59 Å². The first-order valence-electron chi connectivity index (χ1n) is 7.79. The van der Waals surface area contributed by atoms with E-state index in [0.717, 1.165) is 25.8 Å². The molecule has 0 saturated carbocycles. The lowest BCUT2D eigenvalue weighted by Gasteiger charge is -2.19. The third kappa shape index (κ3) is 4.16. The number of ketones is 1. The molecular weight excluding hydrogens is 262 g/mol. The molecule has 0 unspecified atom stereocenters. The summed E-state index contributed by atoms with van der Waals surface area (Å²) in [5.41, 5.74) is 2.01. The van der Waals surface area contributed by atoms with E-state index >= 15 is 0 Å². The lowest BCUT2D eigenvalue weighted by molar-refractivity contribution is -0.124. The molecule has 1 heterocycles. The molecule has 1 aliphatic heterocycles. The Morgan fingerprint density at radius 3 is 2.48 bits per heavy atom. The molecule has 0 bridgehead atoms. The minimum atomic E-state index is -0.165. The van der Waals surface area contributed by atoms with Gasteiger partial charge in [-0.25, -0.2) is 0 Å². The van der Waals surface area contributed by atoms with Gasteiger partial charge in [0.05, 0.1) is 0 Å². The fraction of sp³-hybridized carbons (Fsp3) is 0.556. The van der Waals surface area contributed by atoms with Gasteiger partial charge >= 0.3 is 0 Å². The van der Waals surface area contributed by atoms with Crippen molar-refractivity contribution in [2.45, 2.75) is 51.9 Å². The first kappa shape index (κ1) is 15.7. The predicted molar refractivity (Wildman–Crippen MR) is 84.4 cm³/mol. The molecule has 1 amide bonds. The van der Waals surface area contributed by atoms with Crippen molar-refractivity contribution >= 4 is 11.7 Å². The summed E-state index contributed by atoms with van der Waals surface area (Å²) in [6, 6.07) is 7.80. The van der Waals surface area contributed by atoms with Crippen molar-refractivity contribution in [1.29, 1.82) is 0 Å². The molecule has 114 valence electrons. The highest BCUT2D eigenvalue weighted by Crippen LogP contribution is 2.24. The highest BCUT2D eigenvalue weighted by molar-refractivity contribution is 5.98. The summed E-state index contributed by atoms with van der Waals surface area (Å²) in [6.07, 6.45) is 3.16. The van der Waals surface area contributed by atoms with Gasteiger partial charge in [0.25, 0.3) is 0 Å². The zero-order valence-corrected chi connectivity index (χ0v) is 13.2. The van der Waals surface area contributed by atoms with E-state index in [1.54, 1.807) is 0 Å². The Balaban J connectivity index is 2.04. The molecule has 0 aromatic heterocycles. The summed E-state index contributed by atoms with van der Waals surface area (Å²) >= 11 is 0. The summed E-state index contributed by atoms with van der Waals surface area (Å²) in [5, 5.41) is 2.89. The van der Waals surface area contributed by atoms with Crippen LogP contribution >= 0.6 is 0 Å². The first-order chi connectivity index (χ1) is 9.88. The highest BCUT2D eigenvalue weighted by Gasteiger charge is 2.24. The number of hydrogen-bond donors (Lipinski definition) is 1. The quantitative estimate of drug-likeness (QED) is 0.865. The van der Waals surface area contributed by atoms with Crippen molar-refractivity contribution < 1.29 is 9.59 Å². The first-order valence-corrected chi connectivity index (χ1v) is 7.79. The van der Waals surface area contributed by atoms with Gasteiger partial charge in [-0.1, -0.05) is 51.5 Å². The Morgan fingerprint density at radius 2 is 1.86 bits per heavy atom. The van der Waals surface area contributed by atoms with E-state index in [1.807, 2.05) is 24.3 Å². The van der Waals surface area contributed by atoms with Crippen LogP contribution in [0.25, 0.3) is 0 Å². The zero-order chi connectivity index (χ0) is 15.5. The third-order valence-corrected chi connectivity index (χ3v) is 4.15. The molecule has 1 saturated heterocycles. The van der Waals surface area contributed by atoms with Crippen molar-refractivity contribution in [3.63, 3.8) is 0 Å². The molecule has 2 rings (SSSR count). The average molecular weight is 287 g/mol. The van der Waals surface area contributed by atoms with Gasteiger partial charge in [0.1, 0.15) is 0 Å². The fourth-order valence-electron chi connectivity index (χ4n) is 2.70. The predicted octanol–water partition coefficient (Wildman–Crippen LogP) is 3.47. The highest BCUT2D eigenvalue weighted by atomic mass is 16.2. The van der Waals surface area contributed by atoms with Gasteiger partial charge < -0.3 is 5.32 Å². The maximum Gasteiger partial charge on any atom is 0.223 e. The van der Waals surface area contributed by atoms with Crippen molar-refractivity contribution in [1.82, 2.24) is 5.32 Å². The summed E-state index contributed by atoms with van der Waals surface area (Å²) in [4.78, 5) is 24.3. The monoisotopic (exact) mass is 287 g/mol. The molecule has 1 aromatic rings. The SMILES string of the molecule is CC(C)(C)c1ccc(C(=O)C[C@H]2CCCCNC2=O)cc1. The fourth-order valence-corrected chi connectivity index (χ4v) is 2.70. The van der Waals surface area contributed by atoms with E-state index in [-0.39, 0.29) is 23.0 Å². The molecule has 1 aromatic carbocycles. The van der Waals surface area contributed by atoms with E-state index in [4.69, 9.17) is 0 Å². The minimum absolute atomic E-state index is 0.0344. The second-order valence-electron chi connectivity index (χ2n) is 6.94. The molecule has 3 nitrogen and oxygen atoms in total. The van der Waals surface area contributed by atoms with E-state index in [2.05, 4.69) is 26.1 Å². The number of amides is 1. The normalized spacial score (nSPS) is 19.8. The number of nitrogens with one attached hydrogen (secondary N) is 1. The van der Waals surface area contributed by atoms with Crippen molar-refractivity contribution in [2.75, 3.05) is 6.54 Å². The Bertz CT molecular complexity index is 511. The Morgan fingerprint density at radius 1 is 1.19 bits per heavy atom. The molecule has 1 fully saturated rings. The van der Waals surface area contributed by atoms with Crippen LogP contribution in [0.5, 0.6) is 0 Å². The number of carbonyl (C=O) groups is 2. The number of hydrogen-bond acceptors (Lipinski definition) is 2. The molecule has 1 aliphatic rings. The maximum atomic E-state index is 12.4. The van der Waals surface area contributed by atoms with Crippen LogP contribution in [0.4, 0.5) is 0 Å². The number of rotatable bonds is 3. The maximum absolute atomic E-state index is 12.4. The summed E-state index contributed by atoms with van der Waals surface area (Å²) in [5.74, 6) is -0.0630. The smallest absolute Gasteiger partial charge is 0.223 e. The lowest BCUT2D eigenvalue weighted by atomic mass is 9.86. The van der Waals surface area contributed by atoms with Crippen LogP contribution in [0.1, 0.15) is 62.4 Å². The van der Waals surface area contributed by atoms with Gasteiger partial charge in [-0.15, -0.1) is 0 Å². The van der Waals surface area contributed by atoms with Crippen LogP contribution in [0.3, 0.4) is 0 Å². The van der Waals surface area contributed by atoms with Gasteiger partial charge in [0, 0.05) is 24.4 Å².